The molecule has 0 bridgehead atoms. The first kappa shape index (κ1) is 15.0. The molecule has 2 aromatic rings. The summed E-state index contributed by atoms with van der Waals surface area (Å²) in [6.07, 6.45) is 0. The summed E-state index contributed by atoms with van der Waals surface area (Å²) in [4.78, 5) is 0.438. The van der Waals surface area contributed by atoms with E-state index < -0.39 is 9.84 Å². The highest BCUT2D eigenvalue weighted by Gasteiger charge is 2.16. The standard InChI is InChI=1S/C12H12N2O2S.C2H6/c13-9-1-5-11(6-2-9)17(15,16)12-7-3-10(14)4-8-12;1-2/h1-8H,13-14H2;1-2H3. The smallest absolute Gasteiger partial charge is 0.206 e. The van der Waals surface area contributed by atoms with Gasteiger partial charge in [-0.2, -0.15) is 0 Å². The molecule has 0 amide bonds. The van der Waals surface area contributed by atoms with Gasteiger partial charge in [0.15, 0.2) is 0 Å². The maximum Gasteiger partial charge on any atom is 0.206 e. The first-order valence-electron chi connectivity index (χ1n) is 5.96. The van der Waals surface area contributed by atoms with Gasteiger partial charge in [0.1, 0.15) is 0 Å². The van der Waals surface area contributed by atoms with E-state index in [1.807, 2.05) is 13.8 Å². The van der Waals surface area contributed by atoms with Crippen molar-refractivity contribution in [3.8, 4) is 0 Å². The molecule has 0 unspecified atom stereocenters. The van der Waals surface area contributed by atoms with Gasteiger partial charge < -0.3 is 11.5 Å². The fraction of sp³-hybridized carbons (Fsp3) is 0.143. The molecule has 0 heterocycles. The van der Waals surface area contributed by atoms with Crippen LogP contribution in [0.1, 0.15) is 13.8 Å². The molecule has 4 nitrogen and oxygen atoms in total. The van der Waals surface area contributed by atoms with Gasteiger partial charge in [0.05, 0.1) is 9.79 Å². The lowest BCUT2D eigenvalue weighted by atomic mass is 10.3. The maximum absolute atomic E-state index is 12.2. The van der Waals surface area contributed by atoms with Crippen molar-refractivity contribution in [3.05, 3.63) is 48.5 Å². The third-order valence-corrected chi connectivity index (χ3v) is 4.17. The maximum atomic E-state index is 12.2. The van der Waals surface area contributed by atoms with Crippen molar-refractivity contribution >= 4 is 21.2 Å². The van der Waals surface area contributed by atoms with Crippen molar-refractivity contribution in [2.45, 2.75) is 23.6 Å². The Hall–Kier alpha value is -2.01. The van der Waals surface area contributed by atoms with Crippen LogP contribution in [0.4, 0.5) is 11.4 Å². The van der Waals surface area contributed by atoms with Crippen LogP contribution in [-0.2, 0) is 9.84 Å². The largest absolute Gasteiger partial charge is 0.399 e. The second-order valence-electron chi connectivity index (χ2n) is 3.64. The molecule has 0 fully saturated rings. The SMILES string of the molecule is CC.Nc1ccc(S(=O)(=O)c2ccc(N)cc2)cc1. The van der Waals surface area contributed by atoms with Gasteiger partial charge in [-0.15, -0.1) is 0 Å². The fourth-order valence-electron chi connectivity index (χ4n) is 1.43. The van der Waals surface area contributed by atoms with Crippen LogP contribution in [-0.4, -0.2) is 8.42 Å². The molecule has 0 spiro atoms. The highest BCUT2D eigenvalue weighted by atomic mass is 32.2. The van der Waals surface area contributed by atoms with Crippen LogP contribution in [0.2, 0.25) is 0 Å². The van der Waals surface area contributed by atoms with Crippen LogP contribution in [0.5, 0.6) is 0 Å². The molecule has 0 atom stereocenters. The molecule has 102 valence electrons. The summed E-state index contributed by atoms with van der Waals surface area (Å²) in [5.41, 5.74) is 12.1. The molecule has 0 aliphatic carbocycles. The average Bonchev–Trinajstić information content (AvgIpc) is 2.42. The Morgan fingerprint density at radius 2 is 0.947 bits per heavy atom. The summed E-state index contributed by atoms with van der Waals surface area (Å²) in [7, 11) is -3.48. The molecule has 0 aromatic heterocycles. The number of hydrogen-bond acceptors (Lipinski definition) is 4. The first-order chi connectivity index (χ1) is 9.00. The second kappa shape index (κ2) is 6.24. The predicted molar refractivity (Wildman–Crippen MR) is 78.5 cm³/mol. The van der Waals surface area contributed by atoms with Crippen LogP contribution in [0.15, 0.2) is 58.3 Å². The third kappa shape index (κ3) is 3.48. The molecular formula is C14H18N2O2S. The summed E-state index contributed by atoms with van der Waals surface area (Å²) < 4.78 is 24.3. The zero-order valence-electron chi connectivity index (χ0n) is 11.0. The lowest BCUT2D eigenvalue weighted by molar-refractivity contribution is 0.596. The Balaban J connectivity index is 0.000000861. The Labute approximate surface area is 114 Å². The Morgan fingerprint density at radius 1 is 0.684 bits per heavy atom. The van der Waals surface area contributed by atoms with Crippen LogP contribution in [0, 0.1) is 0 Å². The molecule has 0 aliphatic rings. The topological polar surface area (TPSA) is 86.2 Å². The lowest BCUT2D eigenvalue weighted by Gasteiger charge is -2.05. The highest BCUT2D eigenvalue weighted by Crippen LogP contribution is 2.22. The van der Waals surface area contributed by atoms with E-state index in [0.29, 0.717) is 11.4 Å². The number of anilines is 2. The van der Waals surface area contributed by atoms with E-state index in [1.165, 1.54) is 24.3 Å². The number of hydrogen-bond donors (Lipinski definition) is 2. The van der Waals surface area contributed by atoms with E-state index >= 15 is 0 Å². The normalized spacial score (nSPS) is 10.4. The molecule has 2 aromatic carbocycles. The summed E-state index contributed by atoms with van der Waals surface area (Å²) in [5.74, 6) is 0. The summed E-state index contributed by atoms with van der Waals surface area (Å²) in [5, 5.41) is 0. The van der Waals surface area contributed by atoms with Crippen LogP contribution in [0.25, 0.3) is 0 Å². The van der Waals surface area contributed by atoms with Gasteiger partial charge in [-0.05, 0) is 48.5 Å². The van der Waals surface area contributed by atoms with Crippen molar-refractivity contribution in [1.29, 1.82) is 0 Å². The number of benzene rings is 2. The van der Waals surface area contributed by atoms with Crippen molar-refractivity contribution < 1.29 is 8.42 Å². The third-order valence-electron chi connectivity index (χ3n) is 2.38. The van der Waals surface area contributed by atoms with Crippen molar-refractivity contribution in [3.63, 3.8) is 0 Å². The summed E-state index contributed by atoms with van der Waals surface area (Å²) >= 11 is 0. The number of nitrogen functional groups attached to an aromatic ring is 2. The molecule has 0 radical (unpaired) electrons. The summed E-state index contributed by atoms with van der Waals surface area (Å²) in [6.45, 7) is 4.00. The van der Waals surface area contributed by atoms with Crippen LogP contribution < -0.4 is 11.5 Å². The zero-order chi connectivity index (χ0) is 14.5. The molecule has 19 heavy (non-hydrogen) atoms. The molecule has 4 N–H and O–H groups in total. The molecular weight excluding hydrogens is 260 g/mol. The minimum absolute atomic E-state index is 0.219. The van der Waals surface area contributed by atoms with E-state index in [4.69, 9.17) is 11.5 Å². The fourth-order valence-corrected chi connectivity index (χ4v) is 2.69. The van der Waals surface area contributed by atoms with Crippen LogP contribution in [0.3, 0.4) is 0 Å². The number of nitrogens with two attached hydrogens (primary N) is 2. The van der Waals surface area contributed by atoms with E-state index in [1.54, 1.807) is 24.3 Å². The van der Waals surface area contributed by atoms with Gasteiger partial charge in [-0.1, -0.05) is 13.8 Å². The minimum Gasteiger partial charge on any atom is -0.399 e. The van der Waals surface area contributed by atoms with Crippen LogP contribution >= 0.6 is 0 Å². The van der Waals surface area contributed by atoms with E-state index in [0.717, 1.165) is 0 Å². The van der Waals surface area contributed by atoms with E-state index in [-0.39, 0.29) is 9.79 Å². The van der Waals surface area contributed by atoms with Crippen molar-refractivity contribution in [2.75, 3.05) is 11.5 Å². The molecule has 0 saturated heterocycles. The van der Waals surface area contributed by atoms with Crippen molar-refractivity contribution in [2.24, 2.45) is 0 Å². The molecule has 2 rings (SSSR count). The Morgan fingerprint density at radius 3 is 1.21 bits per heavy atom. The monoisotopic (exact) mass is 278 g/mol. The zero-order valence-corrected chi connectivity index (χ0v) is 11.8. The van der Waals surface area contributed by atoms with Gasteiger partial charge in [-0.25, -0.2) is 8.42 Å². The number of rotatable bonds is 2. The predicted octanol–water partition coefficient (Wildman–Crippen LogP) is 2.71. The van der Waals surface area contributed by atoms with Crippen molar-refractivity contribution in [1.82, 2.24) is 0 Å². The van der Waals surface area contributed by atoms with E-state index in [2.05, 4.69) is 0 Å². The quantitative estimate of drug-likeness (QED) is 0.827. The molecule has 5 heteroatoms. The van der Waals surface area contributed by atoms with Gasteiger partial charge >= 0.3 is 0 Å². The minimum atomic E-state index is -3.48. The Bertz CT molecular complexity index is 566. The number of sulfone groups is 1. The van der Waals surface area contributed by atoms with Gasteiger partial charge in [0.2, 0.25) is 9.84 Å². The lowest BCUT2D eigenvalue weighted by Crippen LogP contribution is -2.02. The first-order valence-corrected chi connectivity index (χ1v) is 7.44. The van der Waals surface area contributed by atoms with Gasteiger partial charge in [-0.3, -0.25) is 0 Å². The molecule has 0 aliphatic heterocycles. The van der Waals surface area contributed by atoms with Gasteiger partial charge in [0, 0.05) is 11.4 Å². The summed E-state index contributed by atoms with van der Waals surface area (Å²) in [6, 6.07) is 12.2. The second-order valence-corrected chi connectivity index (χ2v) is 5.59. The highest BCUT2D eigenvalue weighted by molar-refractivity contribution is 7.91. The Kier molecular flexibility index (Phi) is 4.94. The van der Waals surface area contributed by atoms with E-state index in [9.17, 15) is 8.42 Å². The van der Waals surface area contributed by atoms with Gasteiger partial charge in [0.25, 0.3) is 0 Å². The average molecular weight is 278 g/mol. The molecule has 0 saturated carbocycles.